The van der Waals surface area contributed by atoms with E-state index in [0.29, 0.717) is 42.5 Å². The highest BCUT2D eigenvalue weighted by Gasteiger charge is 2.26. The molecule has 0 bridgehead atoms. The highest BCUT2D eigenvalue weighted by Crippen LogP contribution is 2.38. The minimum Gasteiger partial charge on any atom is -0.311 e. The third-order valence-electron chi connectivity index (χ3n) is 6.19. The molecule has 0 saturated heterocycles. The number of halogens is 2. The van der Waals surface area contributed by atoms with E-state index >= 15 is 0 Å². The van der Waals surface area contributed by atoms with Crippen molar-refractivity contribution >= 4 is 15.4 Å². The van der Waals surface area contributed by atoms with Crippen molar-refractivity contribution in [2.45, 2.75) is 43.4 Å². The van der Waals surface area contributed by atoms with Gasteiger partial charge in [-0.1, -0.05) is 43.3 Å². The molecule has 1 aliphatic carbocycles. The minimum atomic E-state index is -3.74. The van der Waals surface area contributed by atoms with Crippen molar-refractivity contribution in [2.24, 2.45) is 0 Å². The van der Waals surface area contributed by atoms with Gasteiger partial charge in [-0.2, -0.15) is 0 Å². The van der Waals surface area contributed by atoms with E-state index in [1.165, 1.54) is 6.92 Å². The zero-order valence-electron chi connectivity index (χ0n) is 18.5. The number of sulfone groups is 1. The van der Waals surface area contributed by atoms with Crippen LogP contribution in [0.1, 0.15) is 54.5 Å². The Bertz CT molecular complexity index is 1450. The first kappa shape index (κ1) is 23.8. The number of aromatic amines is 2. The molecule has 1 atom stereocenters. The Hall–Kier alpha value is -3.33. The maximum absolute atomic E-state index is 14.8. The average Bonchev–Trinajstić information content (AvgIpc) is 2.81. The maximum Gasteiger partial charge on any atom is 0.325 e. The standard InChI is InChI=1S/C25H24F2N2O4S/c1-2-34(32,33)18-13-20(26)22(21(27)14-18)16-8-10-17(11-9-16)23-19(24(30)29-25(31)28-23)12-15-6-4-3-5-7-15/h3-8,13-14,17H,2,9-12H2,1H3,(H2,28,29,30,31). The van der Waals surface area contributed by atoms with Crippen LogP contribution in [0, 0.1) is 11.6 Å². The number of H-pyrrole nitrogens is 2. The molecule has 2 N–H and O–H groups in total. The van der Waals surface area contributed by atoms with Gasteiger partial charge in [0.25, 0.3) is 5.56 Å². The molecule has 9 heteroatoms. The molecule has 1 aromatic heterocycles. The molecule has 2 aromatic carbocycles. The SMILES string of the molecule is CCS(=O)(=O)c1cc(F)c(C2=CCC(c3[nH]c(=O)[nH]c(=O)c3Cc3ccccc3)CC2)c(F)c1. The largest absolute Gasteiger partial charge is 0.325 e. The fraction of sp³-hybridized carbons (Fsp3) is 0.280. The summed E-state index contributed by atoms with van der Waals surface area (Å²) >= 11 is 0. The Balaban J connectivity index is 1.66. The highest BCUT2D eigenvalue weighted by atomic mass is 32.2. The van der Waals surface area contributed by atoms with Gasteiger partial charge in [0.05, 0.1) is 10.6 Å². The van der Waals surface area contributed by atoms with Gasteiger partial charge in [0.15, 0.2) is 9.84 Å². The fourth-order valence-corrected chi connectivity index (χ4v) is 5.28. The van der Waals surface area contributed by atoms with Gasteiger partial charge < -0.3 is 4.98 Å². The first-order valence-corrected chi connectivity index (χ1v) is 12.6. The third-order valence-corrected chi connectivity index (χ3v) is 7.91. The molecule has 178 valence electrons. The van der Waals surface area contributed by atoms with Gasteiger partial charge in [-0.05, 0) is 42.5 Å². The monoisotopic (exact) mass is 486 g/mol. The Morgan fingerprint density at radius 1 is 1.03 bits per heavy atom. The van der Waals surface area contributed by atoms with Crippen LogP contribution in [0.3, 0.4) is 0 Å². The molecule has 0 spiro atoms. The van der Waals surface area contributed by atoms with Crippen molar-refractivity contribution in [3.63, 3.8) is 0 Å². The molecule has 0 amide bonds. The molecule has 1 heterocycles. The second-order valence-electron chi connectivity index (χ2n) is 8.33. The third kappa shape index (κ3) is 4.79. The minimum absolute atomic E-state index is 0.205. The van der Waals surface area contributed by atoms with Crippen LogP contribution < -0.4 is 11.2 Å². The summed E-state index contributed by atoms with van der Waals surface area (Å²) in [6, 6.07) is 11.1. The number of benzene rings is 2. The number of allylic oxidation sites excluding steroid dienone is 2. The van der Waals surface area contributed by atoms with E-state index in [4.69, 9.17) is 0 Å². The summed E-state index contributed by atoms with van der Waals surface area (Å²) in [4.78, 5) is 29.2. The van der Waals surface area contributed by atoms with Crippen molar-refractivity contribution in [1.82, 2.24) is 9.97 Å². The number of hydrogen-bond acceptors (Lipinski definition) is 4. The van der Waals surface area contributed by atoms with Gasteiger partial charge in [-0.15, -0.1) is 0 Å². The van der Waals surface area contributed by atoms with E-state index in [-0.39, 0.29) is 22.1 Å². The predicted octanol–water partition coefficient (Wildman–Crippen LogP) is 4.08. The molecular weight excluding hydrogens is 462 g/mol. The zero-order valence-corrected chi connectivity index (χ0v) is 19.3. The fourth-order valence-electron chi connectivity index (χ4n) is 4.38. The summed E-state index contributed by atoms with van der Waals surface area (Å²) in [5, 5.41) is 0. The molecule has 0 fully saturated rings. The second kappa shape index (κ2) is 9.50. The summed E-state index contributed by atoms with van der Waals surface area (Å²) in [7, 11) is -3.74. The van der Waals surface area contributed by atoms with Crippen molar-refractivity contribution in [3.8, 4) is 0 Å². The summed E-state index contributed by atoms with van der Waals surface area (Å²) < 4.78 is 53.5. The topological polar surface area (TPSA) is 99.9 Å². The zero-order chi connectivity index (χ0) is 24.5. The number of nitrogens with one attached hydrogen (secondary N) is 2. The summed E-state index contributed by atoms with van der Waals surface area (Å²) in [5.41, 5.74) is 1.04. The maximum atomic E-state index is 14.8. The van der Waals surface area contributed by atoms with Gasteiger partial charge in [0, 0.05) is 29.2 Å². The lowest BCUT2D eigenvalue weighted by atomic mass is 9.82. The Kier molecular flexibility index (Phi) is 6.65. The Labute approximate surface area is 195 Å². The molecule has 0 saturated carbocycles. The van der Waals surface area contributed by atoms with Gasteiger partial charge in [0.1, 0.15) is 11.6 Å². The lowest BCUT2D eigenvalue weighted by molar-refractivity contribution is 0.553. The lowest BCUT2D eigenvalue weighted by Crippen LogP contribution is -2.30. The Morgan fingerprint density at radius 2 is 1.71 bits per heavy atom. The molecule has 1 unspecified atom stereocenters. The number of rotatable bonds is 6. The molecule has 4 rings (SSSR count). The molecule has 6 nitrogen and oxygen atoms in total. The van der Waals surface area contributed by atoms with E-state index in [9.17, 15) is 26.8 Å². The molecule has 3 aromatic rings. The first-order valence-electron chi connectivity index (χ1n) is 11.0. The molecule has 34 heavy (non-hydrogen) atoms. The number of aromatic nitrogens is 2. The van der Waals surface area contributed by atoms with Crippen molar-refractivity contribution in [2.75, 3.05) is 5.75 Å². The summed E-state index contributed by atoms with van der Waals surface area (Å²) in [5.74, 6) is -2.31. The van der Waals surface area contributed by atoms with Crippen LogP contribution in [0.15, 0.2) is 63.0 Å². The summed E-state index contributed by atoms with van der Waals surface area (Å²) in [6.45, 7) is 1.41. The average molecular weight is 487 g/mol. The predicted molar refractivity (Wildman–Crippen MR) is 126 cm³/mol. The quantitative estimate of drug-likeness (QED) is 0.548. The molecule has 1 aliphatic rings. The van der Waals surface area contributed by atoms with Gasteiger partial charge in [-0.25, -0.2) is 22.0 Å². The smallest absolute Gasteiger partial charge is 0.311 e. The van der Waals surface area contributed by atoms with E-state index in [0.717, 1.165) is 17.7 Å². The van der Waals surface area contributed by atoms with Crippen molar-refractivity contribution in [3.05, 3.63) is 103 Å². The van der Waals surface area contributed by atoms with E-state index in [1.807, 2.05) is 30.3 Å². The van der Waals surface area contributed by atoms with Crippen LogP contribution in [0.2, 0.25) is 0 Å². The van der Waals surface area contributed by atoms with Crippen molar-refractivity contribution in [1.29, 1.82) is 0 Å². The van der Waals surface area contributed by atoms with Crippen LogP contribution in [0.25, 0.3) is 5.57 Å². The molecule has 0 aliphatic heterocycles. The van der Waals surface area contributed by atoms with Crippen LogP contribution in [-0.2, 0) is 16.3 Å². The van der Waals surface area contributed by atoms with Gasteiger partial charge >= 0.3 is 5.69 Å². The number of hydrogen-bond donors (Lipinski definition) is 2. The first-order chi connectivity index (χ1) is 16.2. The van der Waals surface area contributed by atoms with E-state index in [1.54, 1.807) is 6.08 Å². The van der Waals surface area contributed by atoms with Crippen LogP contribution in [0.5, 0.6) is 0 Å². The van der Waals surface area contributed by atoms with E-state index < -0.39 is 32.7 Å². The highest BCUT2D eigenvalue weighted by molar-refractivity contribution is 7.91. The lowest BCUT2D eigenvalue weighted by Gasteiger charge is -2.24. The van der Waals surface area contributed by atoms with Crippen LogP contribution in [-0.4, -0.2) is 24.1 Å². The normalized spacial score (nSPS) is 16.3. The second-order valence-corrected chi connectivity index (χ2v) is 10.6. The molecule has 0 radical (unpaired) electrons. The van der Waals surface area contributed by atoms with Crippen LogP contribution in [0.4, 0.5) is 8.78 Å². The van der Waals surface area contributed by atoms with Crippen molar-refractivity contribution < 1.29 is 17.2 Å². The molecular formula is C25H24F2N2O4S. The summed E-state index contributed by atoms with van der Waals surface area (Å²) in [6.07, 6.45) is 3.16. The Morgan fingerprint density at radius 3 is 2.29 bits per heavy atom. The van der Waals surface area contributed by atoms with Gasteiger partial charge in [0.2, 0.25) is 0 Å². The van der Waals surface area contributed by atoms with Crippen LogP contribution >= 0.6 is 0 Å². The van der Waals surface area contributed by atoms with Gasteiger partial charge in [-0.3, -0.25) is 9.78 Å². The van der Waals surface area contributed by atoms with E-state index in [2.05, 4.69) is 9.97 Å².